The summed E-state index contributed by atoms with van der Waals surface area (Å²) in [5.74, 6) is -0.202. The number of hydrogen-bond donors (Lipinski definition) is 0. The Balaban J connectivity index is 2.35. The molecule has 2 aromatic rings. The first-order valence-corrected chi connectivity index (χ1v) is 5.68. The molecule has 1 atom stereocenters. The van der Waals surface area contributed by atoms with E-state index in [2.05, 4.69) is 0 Å². The highest BCUT2D eigenvalue weighted by Crippen LogP contribution is 2.22. The summed E-state index contributed by atoms with van der Waals surface area (Å²) < 4.78 is 5.28. The van der Waals surface area contributed by atoms with Gasteiger partial charge in [0.05, 0.1) is 6.07 Å². The number of nitrogens with zero attached hydrogens (tertiary/aromatic N) is 1. The first kappa shape index (κ1) is 12.1. The van der Waals surface area contributed by atoms with Crippen LogP contribution in [-0.2, 0) is 0 Å². The molecule has 0 N–H and O–H groups in total. The number of Topliss-reactive ketones (excluding diaryl/α,β-unsaturated/α-hetero) is 1. The quantitative estimate of drug-likeness (QED) is 0.771. The van der Waals surface area contributed by atoms with Crippen molar-refractivity contribution in [2.75, 3.05) is 0 Å². The summed E-state index contributed by atoms with van der Waals surface area (Å²) in [6.45, 7) is 3.70. The van der Waals surface area contributed by atoms with E-state index in [0.29, 0.717) is 11.3 Å². The van der Waals surface area contributed by atoms with E-state index in [0.717, 1.165) is 5.56 Å². The average Bonchev–Trinajstić information content (AvgIpc) is 2.77. The molecule has 1 unspecified atom stereocenters. The number of carbonyl (C=O) groups is 1. The van der Waals surface area contributed by atoms with Gasteiger partial charge in [0.1, 0.15) is 11.7 Å². The minimum absolute atomic E-state index is 0.237. The molecular weight excluding hydrogens is 226 g/mol. The number of carbonyl (C=O) groups excluding carboxylic acids is 1. The van der Waals surface area contributed by atoms with Crippen LogP contribution in [0.4, 0.5) is 0 Å². The zero-order chi connectivity index (χ0) is 13.1. The highest BCUT2D eigenvalue weighted by molar-refractivity contribution is 6.00. The van der Waals surface area contributed by atoms with Gasteiger partial charge in [-0.15, -0.1) is 0 Å². The Morgan fingerprint density at radius 2 is 2.06 bits per heavy atom. The van der Waals surface area contributed by atoms with Crippen LogP contribution >= 0.6 is 0 Å². The molecule has 0 bridgehead atoms. The van der Waals surface area contributed by atoms with Crippen molar-refractivity contribution >= 4 is 5.78 Å². The van der Waals surface area contributed by atoms with Crippen LogP contribution in [0.1, 0.15) is 33.4 Å². The molecule has 18 heavy (non-hydrogen) atoms. The molecule has 3 nitrogen and oxygen atoms in total. The predicted octanol–water partition coefficient (Wildman–Crippen LogP) is 3.39. The lowest BCUT2D eigenvalue weighted by Crippen LogP contribution is -2.10. The van der Waals surface area contributed by atoms with Gasteiger partial charge in [0.2, 0.25) is 5.78 Å². The third-order valence-corrected chi connectivity index (χ3v) is 2.75. The topological polar surface area (TPSA) is 54.0 Å². The molecule has 1 heterocycles. The minimum Gasteiger partial charge on any atom is -0.458 e. The van der Waals surface area contributed by atoms with Gasteiger partial charge in [-0.25, -0.2) is 0 Å². The Kier molecular flexibility index (Phi) is 3.29. The Hall–Kier alpha value is -2.34. The van der Waals surface area contributed by atoms with Gasteiger partial charge in [-0.1, -0.05) is 29.8 Å². The second-order valence-corrected chi connectivity index (χ2v) is 4.25. The normalized spacial score (nSPS) is 11.8. The lowest BCUT2D eigenvalue weighted by atomic mass is 9.94. The fraction of sp³-hybridized carbons (Fsp3) is 0.200. The highest BCUT2D eigenvalue weighted by Gasteiger charge is 2.24. The van der Waals surface area contributed by atoms with Gasteiger partial charge < -0.3 is 4.42 Å². The van der Waals surface area contributed by atoms with E-state index in [9.17, 15) is 10.1 Å². The van der Waals surface area contributed by atoms with Gasteiger partial charge in [0.15, 0.2) is 5.76 Å². The molecule has 0 radical (unpaired) electrons. The molecule has 0 saturated heterocycles. The molecule has 90 valence electrons. The van der Waals surface area contributed by atoms with Crippen molar-refractivity contribution in [1.29, 1.82) is 5.26 Å². The number of ketones is 1. The maximum Gasteiger partial charge on any atom is 0.219 e. The minimum atomic E-state index is -0.810. The second-order valence-electron chi connectivity index (χ2n) is 4.25. The van der Waals surface area contributed by atoms with Crippen LogP contribution in [-0.4, -0.2) is 5.78 Å². The average molecular weight is 239 g/mol. The number of rotatable bonds is 3. The first-order valence-electron chi connectivity index (χ1n) is 5.68. The molecule has 0 aliphatic heterocycles. The largest absolute Gasteiger partial charge is 0.458 e. The van der Waals surface area contributed by atoms with Crippen molar-refractivity contribution in [3.63, 3.8) is 0 Å². The zero-order valence-corrected chi connectivity index (χ0v) is 10.3. The number of aryl methyl sites for hydroxylation is 2. The lowest BCUT2D eigenvalue weighted by Gasteiger charge is -2.07. The summed E-state index contributed by atoms with van der Waals surface area (Å²) in [5, 5.41) is 9.20. The van der Waals surface area contributed by atoms with E-state index in [1.54, 1.807) is 25.1 Å². The van der Waals surface area contributed by atoms with Crippen molar-refractivity contribution in [2.45, 2.75) is 19.8 Å². The third kappa shape index (κ3) is 2.33. The van der Waals surface area contributed by atoms with E-state index in [1.165, 1.54) is 0 Å². The van der Waals surface area contributed by atoms with Gasteiger partial charge in [0, 0.05) is 0 Å². The van der Waals surface area contributed by atoms with E-state index in [4.69, 9.17) is 4.42 Å². The van der Waals surface area contributed by atoms with Crippen molar-refractivity contribution in [2.24, 2.45) is 0 Å². The standard InChI is InChI=1S/C15H13NO2/c1-10-4-3-5-12(8-10)13(9-16)15(17)14-7-6-11(2)18-14/h3-8,13H,1-2H3. The number of furan rings is 1. The number of benzene rings is 1. The van der Waals surface area contributed by atoms with Crippen LogP contribution in [0.15, 0.2) is 40.8 Å². The van der Waals surface area contributed by atoms with Gasteiger partial charge in [-0.2, -0.15) is 5.26 Å². The molecule has 0 aliphatic carbocycles. The summed E-state index contributed by atoms with van der Waals surface area (Å²) in [4.78, 5) is 12.2. The van der Waals surface area contributed by atoms with Crippen LogP contribution < -0.4 is 0 Å². The van der Waals surface area contributed by atoms with Crippen molar-refractivity contribution in [3.8, 4) is 6.07 Å². The van der Waals surface area contributed by atoms with Gasteiger partial charge in [0.25, 0.3) is 0 Å². The van der Waals surface area contributed by atoms with Crippen LogP contribution in [0.25, 0.3) is 0 Å². The van der Waals surface area contributed by atoms with Gasteiger partial charge >= 0.3 is 0 Å². The third-order valence-electron chi connectivity index (χ3n) is 2.75. The smallest absolute Gasteiger partial charge is 0.219 e. The van der Waals surface area contributed by atoms with E-state index in [1.807, 2.05) is 31.2 Å². The van der Waals surface area contributed by atoms with Crippen LogP contribution in [0, 0.1) is 25.2 Å². The summed E-state index contributed by atoms with van der Waals surface area (Å²) in [5.41, 5.74) is 1.73. The molecular formula is C15H13NO2. The number of hydrogen-bond acceptors (Lipinski definition) is 3. The lowest BCUT2D eigenvalue weighted by molar-refractivity contribution is 0.0950. The number of nitriles is 1. The summed E-state index contributed by atoms with van der Waals surface area (Å²) in [7, 11) is 0. The molecule has 2 rings (SSSR count). The predicted molar refractivity (Wildman–Crippen MR) is 67.3 cm³/mol. The van der Waals surface area contributed by atoms with Gasteiger partial charge in [-0.3, -0.25) is 4.79 Å². The Morgan fingerprint density at radius 3 is 2.61 bits per heavy atom. The molecule has 3 heteroatoms. The Bertz CT molecular complexity index is 619. The molecule has 0 amide bonds. The fourth-order valence-corrected chi connectivity index (χ4v) is 1.84. The van der Waals surface area contributed by atoms with Crippen molar-refractivity contribution in [1.82, 2.24) is 0 Å². The van der Waals surface area contributed by atoms with Crippen LogP contribution in [0.2, 0.25) is 0 Å². The SMILES string of the molecule is Cc1cccc(C(C#N)C(=O)c2ccc(C)o2)c1. The molecule has 0 spiro atoms. The van der Waals surface area contributed by atoms with Crippen LogP contribution in [0.5, 0.6) is 0 Å². The maximum atomic E-state index is 12.2. The molecule has 1 aromatic heterocycles. The molecule has 1 aromatic carbocycles. The Morgan fingerprint density at radius 1 is 1.28 bits per heavy atom. The highest BCUT2D eigenvalue weighted by atomic mass is 16.3. The van der Waals surface area contributed by atoms with Gasteiger partial charge in [-0.05, 0) is 31.5 Å². The summed E-state index contributed by atoms with van der Waals surface area (Å²) in [6.07, 6.45) is 0. The summed E-state index contributed by atoms with van der Waals surface area (Å²) >= 11 is 0. The second kappa shape index (κ2) is 4.89. The fourth-order valence-electron chi connectivity index (χ4n) is 1.84. The maximum absolute atomic E-state index is 12.2. The van der Waals surface area contributed by atoms with E-state index < -0.39 is 5.92 Å². The van der Waals surface area contributed by atoms with Crippen molar-refractivity contribution in [3.05, 3.63) is 59.0 Å². The zero-order valence-electron chi connectivity index (χ0n) is 10.3. The summed E-state index contributed by atoms with van der Waals surface area (Å²) in [6, 6.07) is 12.8. The van der Waals surface area contributed by atoms with E-state index >= 15 is 0 Å². The molecule has 0 aliphatic rings. The molecule has 0 fully saturated rings. The van der Waals surface area contributed by atoms with Crippen LogP contribution in [0.3, 0.4) is 0 Å². The monoisotopic (exact) mass is 239 g/mol. The first-order chi connectivity index (χ1) is 8.61. The van der Waals surface area contributed by atoms with E-state index in [-0.39, 0.29) is 11.5 Å². The molecule has 0 saturated carbocycles. The Labute approximate surface area is 106 Å². The van der Waals surface area contributed by atoms with Crippen molar-refractivity contribution < 1.29 is 9.21 Å².